The van der Waals surface area contributed by atoms with Crippen LogP contribution in [0.1, 0.15) is 39.2 Å². The Morgan fingerprint density at radius 1 is 1.26 bits per heavy atom. The quantitative estimate of drug-likeness (QED) is 0.771. The molecule has 1 unspecified atom stereocenters. The third-order valence-corrected chi connectivity index (χ3v) is 4.02. The Morgan fingerprint density at radius 2 is 1.95 bits per heavy atom. The highest BCUT2D eigenvalue weighted by molar-refractivity contribution is 5.13. The van der Waals surface area contributed by atoms with E-state index in [1.165, 1.54) is 18.4 Å². The van der Waals surface area contributed by atoms with Gasteiger partial charge in [-0.1, -0.05) is 51.1 Å². The summed E-state index contributed by atoms with van der Waals surface area (Å²) in [5.74, 6) is 0.842. The minimum Gasteiger partial charge on any atom is -0.376 e. The van der Waals surface area contributed by atoms with Crippen LogP contribution >= 0.6 is 0 Å². The largest absolute Gasteiger partial charge is 0.376 e. The maximum Gasteiger partial charge on any atom is 0.0717 e. The van der Waals surface area contributed by atoms with E-state index >= 15 is 0 Å². The molecule has 19 heavy (non-hydrogen) atoms. The summed E-state index contributed by atoms with van der Waals surface area (Å²) in [7, 11) is 0. The molecule has 0 spiro atoms. The molecular formula is C17H27NO. The average molecular weight is 261 g/mol. The van der Waals surface area contributed by atoms with Crippen LogP contribution in [0.2, 0.25) is 0 Å². The van der Waals surface area contributed by atoms with Gasteiger partial charge in [0, 0.05) is 18.0 Å². The minimum atomic E-state index is 0.291. The first kappa shape index (κ1) is 14.5. The van der Waals surface area contributed by atoms with Crippen molar-refractivity contribution in [1.29, 1.82) is 0 Å². The molecule has 0 aromatic heterocycles. The van der Waals surface area contributed by atoms with Gasteiger partial charge in [0.25, 0.3) is 0 Å². The Labute approximate surface area is 117 Å². The van der Waals surface area contributed by atoms with E-state index in [9.17, 15) is 0 Å². The van der Waals surface area contributed by atoms with Crippen molar-refractivity contribution in [1.82, 2.24) is 5.32 Å². The Balaban J connectivity index is 1.80. The second-order valence-electron chi connectivity index (χ2n) is 6.44. The molecule has 1 atom stereocenters. The van der Waals surface area contributed by atoms with Crippen LogP contribution in [0.25, 0.3) is 0 Å². The van der Waals surface area contributed by atoms with Crippen molar-refractivity contribution < 1.29 is 4.74 Å². The second-order valence-corrected chi connectivity index (χ2v) is 6.44. The van der Waals surface area contributed by atoms with Gasteiger partial charge in [0.05, 0.1) is 13.2 Å². The maximum absolute atomic E-state index is 5.98. The zero-order valence-electron chi connectivity index (χ0n) is 12.5. The Hall–Kier alpha value is -0.860. The van der Waals surface area contributed by atoms with Crippen LogP contribution in [-0.4, -0.2) is 19.2 Å². The molecule has 0 saturated heterocycles. The van der Waals surface area contributed by atoms with Crippen LogP contribution in [0.15, 0.2) is 30.3 Å². The first-order chi connectivity index (χ1) is 9.10. The number of hydrogen-bond donors (Lipinski definition) is 1. The van der Waals surface area contributed by atoms with E-state index in [2.05, 4.69) is 50.4 Å². The van der Waals surface area contributed by atoms with Gasteiger partial charge in [0.1, 0.15) is 0 Å². The lowest BCUT2D eigenvalue weighted by molar-refractivity contribution is 0.0294. The molecule has 0 radical (unpaired) electrons. The molecule has 1 aliphatic rings. The Bertz CT molecular complexity index is 372. The van der Waals surface area contributed by atoms with Gasteiger partial charge in [-0.15, -0.1) is 0 Å². The van der Waals surface area contributed by atoms with Crippen molar-refractivity contribution in [2.75, 3.05) is 13.2 Å². The third kappa shape index (κ3) is 4.63. The van der Waals surface area contributed by atoms with Gasteiger partial charge in [-0.3, -0.25) is 0 Å². The highest BCUT2D eigenvalue weighted by Crippen LogP contribution is 2.45. The molecular weight excluding hydrogens is 234 g/mol. The highest BCUT2D eigenvalue weighted by atomic mass is 16.5. The molecule has 2 nitrogen and oxygen atoms in total. The molecule has 2 rings (SSSR count). The number of ether oxygens (including phenoxy) is 1. The average Bonchev–Trinajstić information content (AvgIpc) is 3.22. The topological polar surface area (TPSA) is 21.3 Å². The molecule has 0 heterocycles. The Kier molecular flexibility index (Phi) is 5.00. The van der Waals surface area contributed by atoms with Crippen LogP contribution in [0.3, 0.4) is 0 Å². The van der Waals surface area contributed by atoms with E-state index < -0.39 is 0 Å². The molecule has 1 aliphatic carbocycles. The lowest BCUT2D eigenvalue weighted by atomic mass is 9.85. The summed E-state index contributed by atoms with van der Waals surface area (Å²) in [6, 6.07) is 11.0. The van der Waals surface area contributed by atoms with Crippen LogP contribution < -0.4 is 5.32 Å². The summed E-state index contributed by atoms with van der Waals surface area (Å²) in [5, 5.41) is 3.58. The van der Waals surface area contributed by atoms with Crippen molar-refractivity contribution in [2.24, 2.45) is 11.3 Å². The SMILES string of the molecule is CC(C)NCC(C)(COCc1ccccc1)C1CC1. The standard InChI is InChI=1S/C17H27NO/c1-14(2)18-12-17(3,16-9-10-16)13-19-11-15-7-5-4-6-8-15/h4-8,14,16,18H,9-13H2,1-3H3. The molecule has 1 aromatic rings. The van der Waals surface area contributed by atoms with E-state index in [1.54, 1.807) is 0 Å². The summed E-state index contributed by atoms with van der Waals surface area (Å²) in [4.78, 5) is 0. The third-order valence-electron chi connectivity index (χ3n) is 4.02. The van der Waals surface area contributed by atoms with Gasteiger partial charge in [-0.2, -0.15) is 0 Å². The van der Waals surface area contributed by atoms with Crippen LogP contribution in [0.5, 0.6) is 0 Å². The molecule has 0 bridgehead atoms. The van der Waals surface area contributed by atoms with Crippen molar-refractivity contribution in [2.45, 2.75) is 46.3 Å². The smallest absolute Gasteiger partial charge is 0.0717 e. The summed E-state index contributed by atoms with van der Waals surface area (Å²) in [5.41, 5.74) is 1.55. The van der Waals surface area contributed by atoms with Crippen molar-refractivity contribution >= 4 is 0 Å². The first-order valence-electron chi connectivity index (χ1n) is 7.45. The van der Waals surface area contributed by atoms with Crippen molar-refractivity contribution in [3.8, 4) is 0 Å². The lowest BCUT2D eigenvalue weighted by Gasteiger charge is -2.31. The van der Waals surface area contributed by atoms with Gasteiger partial charge < -0.3 is 10.1 Å². The normalized spacial score (nSPS) is 18.5. The van der Waals surface area contributed by atoms with E-state index in [1.807, 2.05) is 6.07 Å². The van der Waals surface area contributed by atoms with Crippen LogP contribution in [0, 0.1) is 11.3 Å². The molecule has 106 valence electrons. The molecule has 1 N–H and O–H groups in total. The van der Waals surface area contributed by atoms with Gasteiger partial charge >= 0.3 is 0 Å². The summed E-state index contributed by atoms with van der Waals surface area (Å²) >= 11 is 0. The van der Waals surface area contributed by atoms with Crippen LogP contribution in [0.4, 0.5) is 0 Å². The molecule has 0 amide bonds. The molecule has 1 saturated carbocycles. The number of rotatable bonds is 8. The maximum atomic E-state index is 5.98. The van der Waals surface area contributed by atoms with Crippen molar-refractivity contribution in [3.63, 3.8) is 0 Å². The highest BCUT2D eigenvalue weighted by Gasteiger charge is 2.41. The van der Waals surface area contributed by atoms with E-state index in [4.69, 9.17) is 4.74 Å². The fraction of sp³-hybridized carbons (Fsp3) is 0.647. The second kappa shape index (κ2) is 6.53. The van der Waals surface area contributed by atoms with Gasteiger partial charge in [0.2, 0.25) is 0 Å². The Morgan fingerprint density at radius 3 is 2.53 bits per heavy atom. The van der Waals surface area contributed by atoms with Gasteiger partial charge in [-0.05, 0) is 24.3 Å². The van der Waals surface area contributed by atoms with E-state index in [0.717, 1.165) is 25.7 Å². The summed E-state index contributed by atoms with van der Waals surface area (Å²) in [6.07, 6.45) is 2.73. The number of nitrogens with one attached hydrogen (secondary N) is 1. The first-order valence-corrected chi connectivity index (χ1v) is 7.45. The van der Waals surface area contributed by atoms with Gasteiger partial charge in [0.15, 0.2) is 0 Å². The zero-order chi connectivity index (χ0) is 13.7. The summed E-state index contributed by atoms with van der Waals surface area (Å²) in [6.45, 7) is 9.42. The van der Waals surface area contributed by atoms with E-state index in [0.29, 0.717) is 11.5 Å². The minimum absolute atomic E-state index is 0.291. The van der Waals surface area contributed by atoms with Gasteiger partial charge in [-0.25, -0.2) is 0 Å². The monoisotopic (exact) mass is 261 g/mol. The molecule has 1 aromatic carbocycles. The number of hydrogen-bond acceptors (Lipinski definition) is 2. The van der Waals surface area contributed by atoms with Crippen molar-refractivity contribution in [3.05, 3.63) is 35.9 Å². The predicted octanol–water partition coefficient (Wildman–Crippen LogP) is 3.62. The fourth-order valence-electron chi connectivity index (χ4n) is 2.51. The molecule has 1 fully saturated rings. The fourth-order valence-corrected chi connectivity index (χ4v) is 2.51. The zero-order valence-corrected chi connectivity index (χ0v) is 12.5. The lowest BCUT2D eigenvalue weighted by Crippen LogP contribution is -2.40. The molecule has 2 heteroatoms. The summed E-state index contributed by atoms with van der Waals surface area (Å²) < 4.78 is 5.98. The van der Waals surface area contributed by atoms with E-state index in [-0.39, 0.29) is 0 Å². The van der Waals surface area contributed by atoms with Crippen LogP contribution in [-0.2, 0) is 11.3 Å². The molecule has 0 aliphatic heterocycles. The number of benzene rings is 1. The predicted molar refractivity (Wildman–Crippen MR) is 80.1 cm³/mol.